The fourth-order valence-electron chi connectivity index (χ4n) is 2.97. The predicted molar refractivity (Wildman–Crippen MR) is 94.4 cm³/mol. The van der Waals surface area contributed by atoms with E-state index in [1.165, 1.54) is 37.6 Å². The standard InChI is InChI=1S/C19H20FN3O3/c1-26-17-9-8-16(11-21-17)22-18(24)14-3-2-10-23(12-14)19(25)13-4-6-15(20)7-5-13/h4-9,11,14H,2-3,10,12H2,1H3,(H,22,24). The minimum atomic E-state index is -0.384. The fourth-order valence-corrected chi connectivity index (χ4v) is 2.97. The maximum absolute atomic E-state index is 13.0. The van der Waals surface area contributed by atoms with E-state index in [2.05, 4.69) is 10.3 Å². The maximum Gasteiger partial charge on any atom is 0.253 e. The Morgan fingerprint density at radius 3 is 2.65 bits per heavy atom. The molecule has 1 aliphatic rings. The zero-order chi connectivity index (χ0) is 18.5. The van der Waals surface area contributed by atoms with Crippen LogP contribution in [0.3, 0.4) is 0 Å². The number of piperidine rings is 1. The third kappa shape index (κ3) is 4.17. The molecule has 2 aromatic rings. The van der Waals surface area contributed by atoms with Crippen LogP contribution < -0.4 is 10.1 Å². The van der Waals surface area contributed by atoms with Gasteiger partial charge in [0.2, 0.25) is 11.8 Å². The van der Waals surface area contributed by atoms with Gasteiger partial charge in [-0.3, -0.25) is 9.59 Å². The van der Waals surface area contributed by atoms with Crippen LogP contribution in [0.25, 0.3) is 0 Å². The van der Waals surface area contributed by atoms with Gasteiger partial charge < -0.3 is 15.0 Å². The first-order valence-electron chi connectivity index (χ1n) is 8.42. The van der Waals surface area contributed by atoms with Crippen molar-refractivity contribution in [3.8, 4) is 5.88 Å². The highest BCUT2D eigenvalue weighted by Gasteiger charge is 2.29. The maximum atomic E-state index is 13.0. The summed E-state index contributed by atoms with van der Waals surface area (Å²) in [4.78, 5) is 30.8. The average molecular weight is 357 g/mol. The van der Waals surface area contributed by atoms with E-state index in [-0.39, 0.29) is 23.5 Å². The number of anilines is 1. The van der Waals surface area contributed by atoms with Gasteiger partial charge in [0.1, 0.15) is 5.82 Å². The van der Waals surface area contributed by atoms with Crippen LogP contribution in [-0.4, -0.2) is 41.9 Å². The molecule has 1 fully saturated rings. The van der Waals surface area contributed by atoms with Gasteiger partial charge in [-0.25, -0.2) is 9.37 Å². The van der Waals surface area contributed by atoms with Gasteiger partial charge >= 0.3 is 0 Å². The van der Waals surface area contributed by atoms with Crippen LogP contribution >= 0.6 is 0 Å². The monoisotopic (exact) mass is 357 g/mol. The molecule has 2 amide bonds. The summed E-state index contributed by atoms with van der Waals surface area (Å²) >= 11 is 0. The van der Waals surface area contributed by atoms with Gasteiger partial charge in [0, 0.05) is 24.7 Å². The van der Waals surface area contributed by atoms with Crippen LogP contribution in [0.2, 0.25) is 0 Å². The molecule has 0 aliphatic carbocycles. The van der Waals surface area contributed by atoms with E-state index in [9.17, 15) is 14.0 Å². The van der Waals surface area contributed by atoms with Crippen LogP contribution in [0.15, 0.2) is 42.6 Å². The van der Waals surface area contributed by atoms with Gasteiger partial charge in [-0.05, 0) is 43.2 Å². The Balaban J connectivity index is 1.62. The van der Waals surface area contributed by atoms with Gasteiger partial charge in [0.15, 0.2) is 0 Å². The number of methoxy groups -OCH3 is 1. The van der Waals surface area contributed by atoms with Crippen molar-refractivity contribution in [3.63, 3.8) is 0 Å². The molecule has 2 heterocycles. The first-order chi connectivity index (χ1) is 12.6. The molecule has 1 atom stereocenters. The number of nitrogens with zero attached hydrogens (tertiary/aromatic N) is 2. The minimum absolute atomic E-state index is 0.145. The molecule has 0 spiro atoms. The molecule has 1 unspecified atom stereocenters. The van der Waals surface area contributed by atoms with E-state index >= 15 is 0 Å². The summed E-state index contributed by atoms with van der Waals surface area (Å²) in [5, 5.41) is 2.83. The molecule has 0 radical (unpaired) electrons. The SMILES string of the molecule is COc1ccc(NC(=O)C2CCCN(C(=O)c3ccc(F)cc3)C2)cn1. The Labute approximate surface area is 151 Å². The lowest BCUT2D eigenvalue weighted by Gasteiger charge is -2.32. The number of likely N-dealkylation sites (tertiary alicyclic amines) is 1. The molecule has 7 heteroatoms. The second-order valence-corrected chi connectivity index (χ2v) is 6.18. The summed E-state index contributed by atoms with van der Waals surface area (Å²) < 4.78 is 18.0. The number of amides is 2. The fraction of sp³-hybridized carbons (Fsp3) is 0.316. The summed E-state index contributed by atoms with van der Waals surface area (Å²) in [5.74, 6) is -0.542. The highest BCUT2D eigenvalue weighted by molar-refractivity contribution is 5.96. The molecule has 1 saturated heterocycles. The minimum Gasteiger partial charge on any atom is -0.481 e. The van der Waals surface area contributed by atoms with E-state index in [0.717, 1.165) is 6.42 Å². The summed E-state index contributed by atoms with van der Waals surface area (Å²) in [6.07, 6.45) is 2.98. The zero-order valence-corrected chi connectivity index (χ0v) is 14.4. The lowest BCUT2D eigenvalue weighted by Crippen LogP contribution is -2.43. The Bertz CT molecular complexity index is 778. The number of halogens is 1. The quantitative estimate of drug-likeness (QED) is 0.913. The Morgan fingerprint density at radius 1 is 1.23 bits per heavy atom. The van der Waals surface area contributed by atoms with Crippen molar-refractivity contribution in [2.45, 2.75) is 12.8 Å². The summed E-state index contributed by atoms with van der Waals surface area (Å²) in [7, 11) is 1.52. The molecule has 0 saturated carbocycles. The number of rotatable bonds is 4. The lowest BCUT2D eigenvalue weighted by molar-refractivity contribution is -0.121. The van der Waals surface area contributed by atoms with Crippen molar-refractivity contribution in [2.24, 2.45) is 5.92 Å². The van der Waals surface area contributed by atoms with Crippen molar-refractivity contribution in [3.05, 3.63) is 54.0 Å². The first-order valence-corrected chi connectivity index (χ1v) is 8.42. The van der Waals surface area contributed by atoms with Crippen molar-refractivity contribution in [1.82, 2.24) is 9.88 Å². The number of hydrogen-bond acceptors (Lipinski definition) is 4. The van der Waals surface area contributed by atoms with Gasteiger partial charge in [-0.2, -0.15) is 0 Å². The van der Waals surface area contributed by atoms with Gasteiger partial charge in [-0.15, -0.1) is 0 Å². The average Bonchev–Trinajstić information content (AvgIpc) is 2.68. The van der Waals surface area contributed by atoms with Crippen LogP contribution in [0.1, 0.15) is 23.2 Å². The predicted octanol–water partition coefficient (Wildman–Crippen LogP) is 2.72. The molecule has 6 nitrogen and oxygen atoms in total. The van der Waals surface area contributed by atoms with Crippen molar-refractivity contribution >= 4 is 17.5 Å². The number of hydrogen-bond donors (Lipinski definition) is 1. The van der Waals surface area contributed by atoms with Crippen molar-refractivity contribution < 1.29 is 18.7 Å². The number of aromatic nitrogens is 1. The third-order valence-electron chi connectivity index (χ3n) is 4.38. The third-order valence-corrected chi connectivity index (χ3v) is 4.38. The smallest absolute Gasteiger partial charge is 0.253 e. The second kappa shape index (κ2) is 7.95. The number of carbonyl (C=O) groups is 2. The van der Waals surface area contributed by atoms with Gasteiger partial charge in [-0.1, -0.05) is 0 Å². The van der Waals surface area contributed by atoms with Crippen molar-refractivity contribution in [2.75, 3.05) is 25.5 Å². The molecule has 1 aromatic carbocycles. The summed E-state index contributed by atoms with van der Waals surface area (Å²) in [6.45, 7) is 0.926. The molecular weight excluding hydrogens is 337 g/mol. The Kier molecular flexibility index (Phi) is 5.46. The molecule has 136 valence electrons. The highest BCUT2D eigenvalue weighted by atomic mass is 19.1. The van der Waals surface area contributed by atoms with E-state index in [1.54, 1.807) is 17.0 Å². The summed E-state index contributed by atoms with van der Waals surface area (Å²) in [6, 6.07) is 8.83. The number of nitrogens with one attached hydrogen (secondary N) is 1. The van der Waals surface area contributed by atoms with Gasteiger partial charge in [0.25, 0.3) is 5.91 Å². The molecule has 1 aliphatic heterocycles. The largest absolute Gasteiger partial charge is 0.481 e. The van der Waals surface area contributed by atoms with E-state index < -0.39 is 0 Å². The molecule has 1 aromatic heterocycles. The number of ether oxygens (including phenoxy) is 1. The molecule has 26 heavy (non-hydrogen) atoms. The van der Waals surface area contributed by atoms with Gasteiger partial charge in [0.05, 0.1) is 24.9 Å². The highest BCUT2D eigenvalue weighted by Crippen LogP contribution is 2.21. The number of benzene rings is 1. The normalized spacial score (nSPS) is 16.8. The number of pyridine rings is 1. The van der Waals surface area contributed by atoms with E-state index in [0.29, 0.717) is 36.6 Å². The second-order valence-electron chi connectivity index (χ2n) is 6.18. The van der Waals surface area contributed by atoms with Crippen LogP contribution in [-0.2, 0) is 4.79 Å². The molecular formula is C19H20FN3O3. The zero-order valence-electron chi connectivity index (χ0n) is 14.4. The first kappa shape index (κ1) is 17.8. The molecule has 3 rings (SSSR count). The Morgan fingerprint density at radius 2 is 2.00 bits per heavy atom. The van der Waals surface area contributed by atoms with Crippen molar-refractivity contribution in [1.29, 1.82) is 0 Å². The van der Waals surface area contributed by atoms with Crippen LogP contribution in [0.4, 0.5) is 10.1 Å². The molecule has 0 bridgehead atoms. The van der Waals surface area contributed by atoms with Crippen LogP contribution in [0, 0.1) is 11.7 Å². The van der Waals surface area contributed by atoms with Crippen LogP contribution in [0.5, 0.6) is 5.88 Å². The topological polar surface area (TPSA) is 71.5 Å². The number of carbonyl (C=O) groups excluding carboxylic acids is 2. The molecule has 1 N–H and O–H groups in total. The lowest BCUT2D eigenvalue weighted by atomic mass is 9.96. The Hall–Kier alpha value is -2.96. The van der Waals surface area contributed by atoms with E-state index in [1.807, 2.05) is 0 Å². The summed E-state index contributed by atoms with van der Waals surface area (Å²) in [5.41, 5.74) is 1.00. The van der Waals surface area contributed by atoms with E-state index in [4.69, 9.17) is 4.74 Å².